The molecule has 0 N–H and O–H groups in total. The van der Waals surface area contributed by atoms with Crippen LogP contribution in [0.25, 0.3) is 0 Å². The molecule has 0 bridgehead atoms. The van der Waals surface area contributed by atoms with E-state index in [4.69, 9.17) is 9.47 Å². The fourth-order valence-corrected chi connectivity index (χ4v) is 2.61. The summed E-state index contributed by atoms with van der Waals surface area (Å²) in [7, 11) is 3.16. The number of halogens is 1. The highest BCUT2D eigenvalue weighted by Gasteiger charge is 2.19. The van der Waals surface area contributed by atoms with Crippen molar-refractivity contribution in [1.29, 1.82) is 0 Å². The summed E-state index contributed by atoms with van der Waals surface area (Å²) in [6.45, 7) is 3.94. The zero-order valence-electron chi connectivity index (χ0n) is 12.5. The average molecular weight is 349 g/mol. The van der Waals surface area contributed by atoms with Crippen LogP contribution in [-0.4, -0.2) is 20.0 Å². The number of ether oxygens (including phenoxy) is 2. The molecule has 3 nitrogen and oxygen atoms in total. The van der Waals surface area contributed by atoms with E-state index in [0.29, 0.717) is 22.6 Å². The highest BCUT2D eigenvalue weighted by molar-refractivity contribution is 9.10. The number of hydrogen-bond donors (Lipinski definition) is 0. The molecule has 0 aromatic heterocycles. The lowest BCUT2D eigenvalue weighted by Gasteiger charge is -2.14. The van der Waals surface area contributed by atoms with Crippen LogP contribution in [0.2, 0.25) is 0 Å². The summed E-state index contributed by atoms with van der Waals surface area (Å²) < 4.78 is 11.3. The first-order chi connectivity index (χ1) is 9.99. The Kier molecular flexibility index (Phi) is 4.68. The molecule has 2 aromatic carbocycles. The van der Waals surface area contributed by atoms with Crippen LogP contribution in [0.5, 0.6) is 11.5 Å². The summed E-state index contributed by atoms with van der Waals surface area (Å²) in [6.07, 6.45) is 0. The van der Waals surface area contributed by atoms with E-state index in [1.807, 2.05) is 19.9 Å². The topological polar surface area (TPSA) is 35.5 Å². The van der Waals surface area contributed by atoms with Gasteiger partial charge in [0, 0.05) is 10.0 Å². The van der Waals surface area contributed by atoms with Crippen molar-refractivity contribution in [3.63, 3.8) is 0 Å². The first-order valence-electron chi connectivity index (χ1n) is 6.52. The van der Waals surface area contributed by atoms with Crippen LogP contribution in [0.1, 0.15) is 27.0 Å². The normalized spacial score (nSPS) is 10.3. The fourth-order valence-electron chi connectivity index (χ4n) is 2.18. The van der Waals surface area contributed by atoms with Gasteiger partial charge in [-0.1, -0.05) is 22.0 Å². The van der Waals surface area contributed by atoms with Crippen LogP contribution in [0.3, 0.4) is 0 Å². The Morgan fingerprint density at radius 1 is 1.00 bits per heavy atom. The lowest BCUT2D eigenvalue weighted by Crippen LogP contribution is -2.07. The van der Waals surface area contributed by atoms with Gasteiger partial charge < -0.3 is 9.47 Å². The molecule has 21 heavy (non-hydrogen) atoms. The molecule has 0 fully saturated rings. The predicted molar refractivity (Wildman–Crippen MR) is 86.6 cm³/mol. The van der Waals surface area contributed by atoms with Crippen molar-refractivity contribution in [2.24, 2.45) is 0 Å². The number of carbonyl (C=O) groups is 1. The Bertz CT molecular complexity index is 693. The van der Waals surface area contributed by atoms with E-state index < -0.39 is 0 Å². The van der Waals surface area contributed by atoms with Crippen LogP contribution in [-0.2, 0) is 0 Å². The third kappa shape index (κ3) is 2.95. The summed E-state index contributed by atoms with van der Waals surface area (Å²) in [5, 5.41) is 0. The number of aryl methyl sites for hydroxylation is 1. The Morgan fingerprint density at radius 2 is 1.71 bits per heavy atom. The van der Waals surface area contributed by atoms with Crippen LogP contribution < -0.4 is 9.47 Å². The summed E-state index contributed by atoms with van der Waals surface area (Å²) in [5.74, 6) is 1.17. The highest BCUT2D eigenvalue weighted by Crippen LogP contribution is 2.31. The predicted octanol–water partition coefficient (Wildman–Crippen LogP) is 4.31. The van der Waals surface area contributed by atoms with Crippen molar-refractivity contribution in [3.05, 3.63) is 57.1 Å². The smallest absolute Gasteiger partial charge is 0.198 e. The van der Waals surface area contributed by atoms with Gasteiger partial charge in [-0.3, -0.25) is 4.79 Å². The van der Waals surface area contributed by atoms with Gasteiger partial charge in [-0.25, -0.2) is 0 Å². The van der Waals surface area contributed by atoms with Gasteiger partial charge in [0.2, 0.25) is 0 Å². The molecular weight excluding hydrogens is 332 g/mol. The first-order valence-corrected chi connectivity index (χ1v) is 7.31. The number of methoxy groups -OCH3 is 2. The standard InChI is InChI=1S/C17H17BrO3/c1-10-5-7-13(17(21-4)11(10)2)16(19)14-9-12(20-3)6-8-15(14)18/h5-9H,1-4H3. The molecule has 110 valence electrons. The molecule has 0 saturated carbocycles. The molecule has 2 rings (SSSR count). The number of rotatable bonds is 4. The maximum absolute atomic E-state index is 12.8. The van der Waals surface area contributed by atoms with Crippen LogP contribution in [0.4, 0.5) is 0 Å². The molecule has 0 aliphatic rings. The number of ketones is 1. The zero-order chi connectivity index (χ0) is 15.6. The largest absolute Gasteiger partial charge is 0.497 e. The minimum Gasteiger partial charge on any atom is -0.497 e. The van der Waals surface area contributed by atoms with Gasteiger partial charge in [-0.05, 0) is 49.2 Å². The van der Waals surface area contributed by atoms with Crippen LogP contribution in [0.15, 0.2) is 34.8 Å². The number of carbonyl (C=O) groups excluding carboxylic acids is 1. The van der Waals surface area contributed by atoms with Gasteiger partial charge in [0.05, 0.1) is 19.8 Å². The molecule has 4 heteroatoms. The average Bonchev–Trinajstić information content (AvgIpc) is 2.49. The van der Waals surface area contributed by atoms with E-state index in [1.165, 1.54) is 0 Å². The molecule has 0 saturated heterocycles. The Balaban J connectivity index is 2.57. The Hall–Kier alpha value is -1.81. The Morgan fingerprint density at radius 3 is 2.33 bits per heavy atom. The van der Waals surface area contributed by atoms with E-state index in [0.717, 1.165) is 15.6 Å². The quantitative estimate of drug-likeness (QED) is 0.772. The zero-order valence-corrected chi connectivity index (χ0v) is 14.1. The molecule has 2 aromatic rings. The second kappa shape index (κ2) is 6.31. The van der Waals surface area contributed by atoms with Gasteiger partial charge in [-0.2, -0.15) is 0 Å². The van der Waals surface area contributed by atoms with Crippen LogP contribution in [0, 0.1) is 13.8 Å². The maximum Gasteiger partial charge on any atom is 0.198 e. The van der Waals surface area contributed by atoms with Crippen molar-refractivity contribution >= 4 is 21.7 Å². The van der Waals surface area contributed by atoms with Crippen molar-refractivity contribution in [1.82, 2.24) is 0 Å². The molecule has 0 radical (unpaired) electrons. The number of benzene rings is 2. The van der Waals surface area contributed by atoms with Crippen molar-refractivity contribution in [2.75, 3.05) is 14.2 Å². The summed E-state index contributed by atoms with van der Waals surface area (Å²) >= 11 is 3.42. The SMILES string of the molecule is COc1ccc(Br)c(C(=O)c2ccc(C)c(C)c2OC)c1. The molecule has 0 unspecified atom stereocenters. The molecule has 0 amide bonds. The molecule has 0 atom stereocenters. The minimum absolute atomic E-state index is 0.0966. The van der Waals surface area contributed by atoms with Gasteiger partial charge in [-0.15, -0.1) is 0 Å². The van der Waals surface area contributed by atoms with Gasteiger partial charge >= 0.3 is 0 Å². The molecular formula is C17H17BrO3. The maximum atomic E-state index is 12.8. The van der Waals surface area contributed by atoms with E-state index in [1.54, 1.807) is 38.5 Å². The second-order valence-electron chi connectivity index (χ2n) is 4.76. The molecule has 0 spiro atoms. The number of hydrogen-bond acceptors (Lipinski definition) is 3. The molecule has 0 aliphatic heterocycles. The molecule has 0 heterocycles. The lowest BCUT2D eigenvalue weighted by molar-refractivity contribution is 0.103. The van der Waals surface area contributed by atoms with Crippen molar-refractivity contribution in [3.8, 4) is 11.5 Å². The Labute approximate surface area is 133 Å². The fraction of sp³-hybridized carbons (Fsp3) is 0.235. The van der Waals surface area contributed by atoms with E-state index >= 15 is 0 Å². The van der Waals surface area contributed by atoms with Crippen LogP contribution >= 0.6 is 15.9 Å². The van der Waals surface area contributed by atoms with E-state index in [2.05, 4.69) is 15.9 Å². The highest BCUT2D eigenvalue weighted by atomic mass is 79.9. The van der Waals surface area contributed by atoms with E-state index in [9.17, 15) is 4.79 Å². The summed E-state index contributed by atoms with van der Waals surface area (Å²) in [5.41, 5.74) is 3.17. The molecule has 0 aliphatic carbocycles. The summed E-state index contributed by atoms with van der Waals surface area (Å²) in [6, 6.07) is 9.06. The van der Waals surface area contributed by atoms with E-state index in [-0.39, 0.29) is 5.78 Å². The van der Waals surface area contributed by atoms with Crippen molar-refractivity contribution in [2.45, 2.75) is 13.8 Å². The van der Waals surface area contributed by atoms with Gasteiger partial charge in [0.1, 0.15) is 11.5 Å². The first kappa shape index (κ1) is 15.6. The minimum atomic E-state index is -0.0966. The second-order valence-corrected chi connectivity index (χ2v) is 5.62. The van der Waals surface area contributed by atoms with Gasteiger partial charge in [0.25, 0.3) is 0 Å². The monoisotopic (exact) mass is 348 g/mol. The lowest BCUT2D eigenvalue weighted by atomic mass is 9.97. The third-order valence-electron chi connectivity index (χ3n) is 3.54. The third-order valence-corrected chi connectivity index (χ3v) is 4.24. The summed E-state index contributed by atoms with van der Waals surface area (Å²) in [4.78, 5) is 12.8. The van der Waals surface area contributed by atoms with Gasteiger partial charge in [0.15, 0.2) is 5.78 Å². The van der Waals surface area contributed by atoms with Crippen molar-refractivity contribution < 1.29 is 14.3 Å².